The van der Waals surface area contributed by atoms with Crippen molar-refractivity contribution >= 4 is 0 Å². The number of hydrogen-bond donors (Lipinski definition) is 1. The monoisotopic (exact) mass is 224 g/mol. The molecule has 0 aromatic heterocycles. The minimum Gasteiger partial charge on any atom is -0.314 e. The van der Waals surface area contributed by atoms with E-state index < -0.39 is 0 Å². The Kier molecular flexibility index (Phi) is 4.26. The van der Waals surface area contributed by atoms with Crippen LogP contribution in [0.25, 0.3) is 0 Å². The Morgan fingerprint density at radius 1 is 1.19 bits per heavy atom. The van der Waals surface area contributed by atoms with Crippen LogP contribution < -0.4 is 5.32 Å². The summed E-state index contributed by atoms with van der Waals surface area (Å²) in [5.74, 6) is 0.832. The van der Waals surface area contributed by atoms with Gasteiger partial charge in [0, 0.05) is 18.1 Å². The maximum atomic E-state index is 3.78. The highest BCUT2D eigenvalue weighted by Gasteiger charge is 2.35. The first-order chi connectivity index (χ1) is 7.66. The number of nitrogens with one attached hydrogen (secondary N) is 1. The van der Waals surface area contributed by atoms with Gasteiger partial charge in [0.05, 0.1) is 0 Å². The molecule has 2 aliphatic rings. The van der Waals surface area contributed by atoms with Crippen molar-refractivity contribution in [1.82, 2.24) is 10.2 Å². The summed E-state index contributed by atoms with van der Waals surface area (Å²) in [5.41, 5.74) is 0. The molecule has 2 unspecified atom stereocenters. The van der Waals surface area contributed by atoms with Crippen molar-refractivity contribution in [2.45, 2.75) is 70.5 Å². The van der Waals surface area contributed by atoms with Gasteiger partial charge in [-0.25, -0.2) is 0 Å². The maximum absolute atomic E-state index is 3.78. The lowest BCUT2D eigenvalue weighted by molar-refractivity contribution is 0.0485. The number of rotatable bonds is 4. The van der Waals surface area contributed by atoms with E-state index in [0.29, 0.717) is 0 Å². The highest BCUT2D eigenvalue weighted by Crippen LogP contribution is 2.32. The normalized spacial score (nSPS) is 35.6. The molecule has 2 aliphatic heterocycles. The molecule has 0 aromatic rings. The van der Waals surface area contributed by atoms with Crippen LogP contribution in [0, 0.1) is 5.92 Å². The third-order valence-electron chi connectivity index (χ3n) is 4.49. The average molecular weight is 224 g/mol. The Bertz CT molecular complexity index is 201. The first kappa shape index (κ1) is 12.4. The molecule has 2 atom stereocenters. The summed E-state index contributed by atoms with van der Waals surface area (Å²) in [6, 6.07) is 2.53. The van der Waals surface area contributed by atoms with Crippen molar-refractivity contribution in [2.75, 3.05) is 13.6 Å². The molecular weight excluding hydrogens is 196 g/mol. The molecular formula is C14H28N2. The zero-order valence-corrected chi connectivity index (χ0v) is 11.2. The van der Waals surface area contributed by atoms with Crippen molar-refractivity contribution in [3.63, 3.8) is 0 Å². The number of fused-ring (bicyclic) bond motifs is 2. The van der Waals surface area contributed by atoms with E-state index in [0.717, 1.165) is 24.0 Å². The van der Waals surface area contributed by atoms with Gasteiger partial charge in [-0.3, -0.25) is 0 Å². The summed E-state index contributed by atoms with van der Waals surface area (Å²) in [4.78, 5) is 2.64. The van der Waals surface area contributed by atoms with Gasteiger partial charge < -0.3 is 10.2 Å². The van der Waals surface area contributed by atoms with Gasteiger partial charge in [0.1, 0.15) is 0 Å². The Morgan fingerprint density at radius 2 is 1.81 bits per heavy atom. The van der Waals surface area contributed by atoms with Crippen LogP contribution in [0.3, 0.4) is 0 Å². The topological polar surface area (TPSA) is 15.3 Å². The number of piperidine rings is 2. The zero-order valence-electron chi connectivity index (χ0n) is 11.2. The SMILES string of the molecule is CC(C)CCNC1CC2CCCC(C1)N2C. The van der Waals surface area contributed by atoms with Gasteiger partial charge >= 0.3 is 0 Å². The quantitative estimate of drug-likeness (QED) is 0.790. The van der Waals surface area contributed by atoms with E-state index in [1.807, 2.05) is 0 Å². The second kappa shape index (κ2) is 5.50. The summed E-state index contributed by atoms with van der Waals surface area (Å²) < 4.78 is 0. The van der Waals surface area contributed by atoms with Crippen LogP contribution in [-0.4, -0.2) is 36.6 Å². The van der Waals surface area contributed by atoms with E-state index in [1.54, 1.807) is 0 Å². The molecule has 2 heteroatoms. The van der Waals surface area contributed by atoms with Gasteiger partial charge in [0.15, 0.2) is 0 Å². The molecule has 2 heterocycles. The smallest absolute Gasteiger partial charge is 0.0110 e. The molecule has 2 fully saturated rings. The molecule has 2 bridgehead atoms. The van der Waals surface area contributed by atoms with E-state index in [2.05, 4.69) is 31.1 Å². The molecule has 2 saturated heterocycles. The minimum absolute atomic E-state index is 0.797. The van der Waals surface area contributed by atoms with Crippen LogP contribution in [0.1, 0.15) is 52.4 Å². The second-order valence-electron chi connectivity index (χ2n) is 6.21. The molecule has 0 aliphatic carbocycles. The van der Waals surface area contributed by atoms with E-state index in [-0.39, 0.29) is 0 Å². The van der Waals surface area contributed by atoms with Crippen molar-refractivity contribution in [3.05, 3.63) is 0 Å². The largest absolute Gasteiger partial charge is 0.314 e. The molecule has 94 valence electrons. The van der Waals surface area contributed by atoms with Crippen LogP contribution in [0.4, 0.5) is 0 Å². The van der Waals surface area contributed by atoms with Crippen molar-refractivity contribution in [1.29, 1.82) is 0 Å². The minimum atomic E-state index is 0.797. The first-order valence-corrected chi connectivity index (χ1v) is 7.12. The molecule has 0 spiro atoms. The first-order valence-electron chi connectivity index (χ1n) is 7.12. The fourth-order valence-corrected chi connectivity index (χ4v) is 3.36. The van der Waals surface area contributed by atoms with E-state index in [9.17, 15) is 0 Å². The fourth-order valence-electron chi connectivity index (χ4n) is 3.36. The summed E-state index contributed by atoms with van der Waals surface area (Å²) in [5, 5.41) is 3.78. The van der Waals surface area contributed by atoms with Crippen LogP contribution >= 0.6 is 0 Å². The Hall–Kier alpha value is -0.0800. The molecule has 0 aromatic carbocycles. The van der Waals surface area contributed by atoms with Gasteiger partial charge in [-0.05, 0) is 51.6 Å². The lowest BCUT2D eigenvalue weighted by atomic mass is 9.82. The molecule has 16 heavy (non-hydrogen) atoms. The fraction of sp³-hybridized carbons (Fsp3) is 1.00. The molecule has 2 nitrogen and oxygen atoms in total. The summed E-state index contributed by atoms with van der Waals surface area (Å²) in [6.07, 6.45) is 8.39. The lowest BCUT2D eigenvalue weighted by Gasteiger charge is -2.47. The van der Waals surface area contributed by atoms with E-state index in [1.165, 1.54) is 45.1 Å². The van der Waals surface area contributed by atoms with Gasteiger partial charge in [0.25, 0.3) is 0 Å². The van der Waals surface area contributed by atoms with Crippen LogP contribution in [0.15, 0.2) is 0 Å². The van der Waals surface area contributed by atoms with Gasteiger partial charge in [-0.15, -0.1) is 0 Å². The predicted octanol–water partition coefficient (Wildman–Crippen LogP) is 2.64. The third-order valence-corrected chi connectivity index (χ3v) is 4.49. The number of nitrogens with zero attached hydrogens (tertiary/aromatic N) is 1. The van der Waals surface area contributed by atoms with Crippen molar-refractivity contribution in [2.24, 2.45) is 5.92 Å². The lowest BCUT2D eigenvalue weighted by Crippen LogP contribution is -2.54. The summed E-state index contributed by atoms with van der Waals surface area (Å²) in [7, 11) is 2.33. The predicted molar refractivity (Wildman–Crippen MR) is 69.7 cm³/mol. The average Bonchev–Trinajstić information content (AvgIpc) is 2.18. The van der Waals surface area contributed by atoms with Crippen LogP contribution in [0.2, 0.25) is 0 Å². The highest BCUT2D eigenvalue weighted by molar-refractivity contribution is 4.93. The van der Waals surface area contributed by atoms with Gasteiger partial charge in [0.2, 0.25) is 0 Å². The van der Waals surface area contributed by atoms with Crippen molar-refractivity contribution < 1.29 is 0 Å². The number of hydrogen-bond acceptors (Lipinski definition) is 2. The Balaban J connectivity index is 1.76. The standard InChI is InChI=1S/C14H28N2/c1-11(2)7-8-15-12-9-13-5-4-6-14(10-12)16(13)3/h11-15H,4-10H2,1-3H3. The Labute approximate surface area is 101 Å². The van der Waals surface area contributed by atoms with Gasteiger partial charge in [-0.2, -0.15) is 0 Å². The molecule has 0 saturated carbocycles. The maximum Gasteiger partial charge on any atom is 0.0110 e. The molecule has 0 amide bonds. The highest BCUT2D eigenvalue weighted by atomic mass is 15.2. The second-order valence-corrected chi connectivity index (χ2v) is 6.21. The molecule has 0 radical (unpaired) electrons. The molecule has 2 rings (SSSR count). The van der Waals surface area contributed by atoms with Crippen LogP contribution in [0.5, 0.6) is 0 Å². The molecule has 1 N–H and O–H groups in total. The van der Waals surface area contributed by atoms with Crippen LogP contribution in [-0.2, 0) is 0 Å². The van der Waals surface area contributed by atoms with Crippen molar-refractivity contribution in [3.8, 4) is 0 Å². The Morgan fingerprint density at radius 3 is 2.38 bits per heavy atom. The third kappa shape index (κ3) is 2.98. The summed E-state index contributed by atoms with van der Waals surface area (Å²) >= 11 is 0. The van der Waals surface area contributed by atoms with E-state index in [4.69, 9.17) is 0 Å². The van der Waals surface area contributed by atoms with Gasteiger partial charge in [-0.1, -0.05) is 20.3 Å². The summed E-state index contributed by atoms with van der Waals surface area (Å²) in [6.45, 7) is 5.83. The van der Waals surface area contributed by atoms with E-state index >= 15 is 0 Å². The zero-order chi connectivity index (χ0) is 11.5.